The first-order valence-electron chi connectivity index (χ1n) is 14.5. The van der Waals surface area contributed by atoms with E-state index in [2.05, 4.69) is 49.6 Å². The largest absolute Gasteiger partial charge is 0.496 e. The minimum atomic E-state index is -4.72. The summed E-state index contributed by atoms with van der Waals surface area (Å²) in [6.45, 7) is 3.89. The molecular formula is C32H33F3N6O3. The highest BCUT2D eigenvalue weighted by molar-refractivity contribution is 5.66. The van der Waals surface area contributed by atoms with Gasteiger partial charge in [-0.3, -0.25) is 14.6 Å². The van der Waals surface area contributed by atoms with Gasteiger partial charge < -0.3 is 9.47 Å². The standard InChI is InChI=1S/C32H33F3N6O3/c1-21(42)44-29-15-16-40-26(29)19-39(20-27(40)30(22-9-5-3-6-10-22)23-11-7-4-8-12-23)18-24-17-25(13-14-28(24)43-2)41-31(32(33,34)35)36-37-38-41/h3-14,17,26-27,29-30H,15-16,18-20H2,1-2H3. The number of esters is 1. The average Bonchev–Trinajstić information content (AvgIpc) is 3.67. The van der Waals surface area contributed by atoms with Gasteiger partial charge in [-0.15, -0.1) is 5.10 Å². The third kappa shape index (κ3) is 6.04. The molecule has 0 spiro atoms. The van der Waals surface area contributed by atoms with Gasteiger partial charge in [-0.05, 0) is 46.2 Å². The fourth-order valence-electron chi connectivity index (χ4n) is 6.72. The molecule has 3 aromatic carbocycles. The molecule has 0 radical (unpaired) electrons. The zero-order valence-corrected chi connectivity index (χ0v) is 24.4. The number of carbonyl (C=O) groups excluding carboxylic acids is 1. The summed E-state index contributed by atoms with van der Waals surface area (Å²) in [6, 6.07) is 25.5. The normalized spacial score (nSPS) is 20.9. The van der Waals surface area contributed by atoms with Gasteiger partial charge in [-0.2, -0.15) is 17.9 Å². The van der Waals surface area contributed by atoms with Crippen molar-refractivity contribution in [1.82, 2.24) is 30.0 Å². The van der Waals surface area contributed by atoms with E-state index in [1.54, 1.807) is 12.1 Å². The van der Waals surface area contributed by atoms with Crippen LogP contribution in [0.15, 0.2) is 78.9 Å². The van der Waals surface area contributed by atoms with E-state index >= 15 is 0 Å². The number of tetrazole rings is 1. The lowest BCUT2D eigenvalue weighted by atomic mass is 9.82. The molecule has 3 atom stereocenters. The molecule has 0 saturated carbocycles. The highest BCUT2D eigenvalue weighted by Crippen LogP contribution is 2.39. The zero-order valence-electron chi connectivity index (χ0n) is 24.4. The highest BCUT2D eigenvalue weighted by Gasteiger charge is 2.47. The van der Waals surface area contributed by atoms with E-state index in [1.165, 1.54) is 31.2 Å². The number of halogens is 3. The summed E-state index contributed by atoms with van der Waals surface area (Å²) in [5.41, 5.74) is 3.23. The van der Waals surface area contributed by atoms with Gasteiger partial charge in [-0.1, -0.05) is 60.7 Å². The van der Waals surface area contributed by atoms with E-state index in [1.807, 2.05) is 36.4 Å². The van der Waals surface area contributed by atoms with Crippen LogP contribution in [0, 0.1) is 0 Å². The number of alkyl halides is 3. The molecular weight excluding hydrogens is 573 g/mol. The summed E-state index contributed by atoms with van der Waals surface area (Å²) >= 11 is 0. The highest BCUT2D eigenvalue weighted by atomic mass is 19.4. The number of benzene rings is 3. The molecule has 1 aromatic heterocycles. The molecule has 4 aromatic rings. The number of hydrogen-bond acceptors (Lipinski definition) is 8. The fraction of sp³-hybridized carbons (Fsp3) is 0.375. The number of fused-ring (bicyclic) bond motifs is 1. The van der Waals surface area contributed by atoms with E-state index < -0.39 is 12.0 Å². The second-order valence-corrected chi connectivity index (χ2v) is 11.2. The lowest BCUT2D eigenvalue weighted by molar-refractivity contribution is -0.149. The van der Waals surface area contributed by atoms with E-state index in [-0.39, 0.29) is 35.8 Å². The number of aromatic nitrogens is 4. The third-order valence-corrected chi connectivity index (χ3v) is 8.49. The minimum Gasteiger partial charge on any atom is -0.496 e. The molecule has 2 fully saturated rings. The lowest BCUT2D eigenvalue weighted by Gasteiger charge is -2.48. The Morgan fingerprint density at radius 1 is 1.00 bits per heavy atom. The first kappa shape index (κ1) is 29.8. The van der Waals surface area contributed by atoms with Crippen molar-refractivity contribution in [2.45, 2.75) is 50.2 Å². The Kier molecular flexibility index (Phi) is 8.37. The van der Waals surface area contributed by atoms with Crippen molar-refractivity contribution in [3.63, 3.8) is 0 Å². The molecule has 3 heterocycles. The topological polar surface area (TPSA) is 85.6 Å². The second kappa shape index (κ2) is 12.4. The van der Waals surface area contributed by atoms with E-state index in [0.717, 1.165) is 13.0 Å². The monoisotopic (exact) mass is 606 g/mol. The van der Waals surface area contributed by atoms with Gasteiger partial charge in [0.1, 0.15) is 11.9 Å². The Hall–Kier alpha value is -4.29. The summed E-state index contributed by atoms with van der Waals surface area (Å²) in [7, 11) is 1.53. The summed E-state index contributed by atoms with van der Waals surface area (Å²) in [4.78, 5) is 16.8. The van der Waals surface area contributed by atoms with Crippen molar-refractivity contribution < 1.29 is 27.4 Å². The maximum atomic E-state index is 13.6. The van der Waals surface area contributed by atoms with Gasteiger partial charge in [-0.25, -0.2) is 0 Å². The fourth-order valence-corrected chi connectivity index (χ4v) is 6.72. The predicted octanol–water partition coefficient (Wildman–Crippen LogP) is 4.71. The zero-order chi connectivity index (χ0) is 30.8. The Morgan fingerprint density at radius 3 is 2.30 bits per heavy atom. The van der Waals surface area contributed by atoms with Gasteiger partial charge in [0, 0.05) is 50.6 Å². The van der Waals surface area contributed by atoms with Crippen molar-refractivity contribution in [3.05, 3.63) is 101 Å². The average molecular weight is 607 g/mol. The van der Waals surface area contributed by atoms with Crippen LogP contribution in [0.4, 0.5) is 13.2 Å². The molecule has 0 amide bonds. The summed E-state index contributed by atoms with van der Waals surface area (Å²) < 4.78 is 52.9. The molecule has 0 bridgehead atoms. The molecule has 3 unspecified atom stereocenters. The quantitative estimate of drug-likeness (QED) is 0.267. The van der Waals surface area contributed by atoms with Gasteiger partial charge in [0.25, 0.3) is 5.82 Å². The number of carbonyl (C=O) groups is 1. The van der Waals surface area contributed by atoms with Crippen LogP contribution in [0.5, 0.6) is 5.75 Å². The Bertz CT molecular complexity index is 1540. The van der Waals surface area contributed by atoms with Crippen LogP contribution < -0.4 is 4.74 Å². The number of nitrogens with zero attached hydrogens (tertiary/aromatic N) is 6. The Morgan fingerprint density at radius 2 is 1.68 bits per heavy atom. The number of rotatable bonds is 8. The second-order valence-electron chi connectivity index (χ2n) is 11.2. The van der Waals surface area contributed by atoms with Crippen LogP contribution in [0.3, 0.4) is 0 Å². The van der Waals surface area contributed by atoms with E-state index in [0.29, 0.717) is 35.6 Å². The van der Waals surface area contributed by atoms with Gasteiger partial charge >= 0.3 is 12.1 Å². The summed E-state index contributed by atoms with van der Waals surface area (Å²) in [5, 5.41) is 10.1. The minimum absolute atomic E-state index is 0.0302. The molecule has 44 heavy (non-hydrogen) atoms. The smallest absolute Gasteiger partial charge is 0.453 e. The molecule has 2 aliphatic heterocycles. The van der Waals surface area contributed by atoms with Crippen molar-refractivity contribution in [2.24, 2.45) is 0 Å². The lowest BCUT2D eigenvalue weighted by Crippen LogP contribution is -2.60. The molecule has 0 N–H and O–H groups in total. The molecule has 2 saturated heterocycles. The van der Waals surface area contributed by atoms with Crippen LogP contribution in [0.2, 0.25) is 0 Å². The van der Waals surface area contributed by atoms with Crippen LogP contribution in [-0.2, 0) is 22.3 Å². The molecule has 230 valence electrons. The van der Waals surface area contributed by atoms with Crippen molar-refractivity contribution >= 4 is 5.97 Å². The Labute approximate surface area is 253 Å². The molecule has 0 aliphatic carbocycles. The number of piperazine rings is 1. The molecule has 12 heteroatoms. The SMILES string of the molecule is COc1ccc(-n2nnnc2C(F)(F)F)cc1CN1CC2C(OC(C)=O)CCN2C(C(c2ccccc2)c2ccccc2)C1. The maximum absolute atomic E-state index is 13.6. The Balaban J connectivity index is 1.38. The van der Waals surface area contributed by atoms with Gasteiger partial charge in [0.05, 0.1) is 18.8 Å². The van der Waals surface area contributed by atoms with Crippen molar-refractivity contribution in [3.8, 4) is 11.4 Å². The van der Waals surface area contributed by atoms with Crippen molar-refractivity contribution in [2.75, 3.05) is 26.7 Å². The van der Waals surface area contributed by atoms with Crippen LogP contribution in [0.25, 0.3) is 5.69 Å². The molecule has 6 rings (SSSR count). The van der Waals surface area contributed by atoms with Crippen LogP contribution in [0.1, 0.15) is 41.8 Å². The van der Waals surface area contributed by atoms with E-state index in [9.17, 15) is 18.0 Å². The number of hydrogen-bond donors (Lipinski definition) is 0. The van der Waals surface area contributed by atoms with E-state index in [4.69, 9.17) is 9.47 Å². The van der Waals surface area contributed by atoms with Gasteiger partial charge in [0.15, 0.2) is 0 Å². The van der Waals surface area contributed by atoms with Crippen LogP contribution in [-0.4, -0.2) is 80.9 Å². The first-order valence-corrected chi connectivity index (χ1v) is 14.5. The van der Waals surface area contributed by atoms with Crippen LogP contribution >= 0.6 is 0 Å². The third-order valence-electron chi connectivity index (χ3n) is 8.49. The first-order chi connectivity index (χ1) is 21.2. The van der Waals surface area contributed by atoms with Gasteiger partial charge in [0.2, 0.25) is 0 Å². The van der Waals surface area contributed by atoms with Crippen molar-refractivity contribution in [1.29, 1.82) is 0 Å². The maximum Gasteiger partial charge on any atom is 0.453 e. The summed E-state index contributed by atoms with van der Waals surface area (Å²) in [5.74, 6) is -0.946. The summed E-state index contributed by atoms with van der Waals surface area (Å²) in [6.07, 6.45) is -4.26. The number of methoxy groups -OCH3 is 1. The molecule has 9 nitrogen and oxygen atoms in total. The number of ether oxygens (including phenoxy) is 2. The predicted molar refractivity (Wildman–Crippen MR) is 155 cm³/mol. The molecule has 2 aliphatic rings.